The third-order valence-corrected chi connectivity index (χ3v) is 1.92. The molecule has 1 nitrogen and oxygen atoms in total. The summed E-state index contributed by atoms with van der Waals surface area (Å²) >= 11 is 0. The molecule has 0 aromatic rings. The Morgan fingerprint density at radius 2 is 2.00 bits per heavy atom. The van der Waals surface area contributed by atoms with Crippen LogP contribution in [0, 0.1) is 0 Å². The zero-order chi connectivity index (χ0) is 11.0. The highest BCUT2D eigenvalue weighted by molar-refractivity contribution is 6.14. The van der Waals surface area contributed by atoms with Crippen molar-refractivity contribution in [2.75, 3.05) is 7.05 Å². The van der Waals surface area contributed by atoms with Crippen molar-refractivity contribution in [3.63, 3.8) is 0 Å². The van der Waals surface area contributed by atoms with Crippen molar-refractivity contribution in [1.82, 2.24) is 0 Å². The molecular weight excluding hydrogens is 170 g/mol. The average molecular weight is 191 g/mol. The molecule has 14 heavy (non-hydrogen) atoms. The maximum absolute atomic E-state index is 4.26. The van der Waals surface area contributed by atoms with Gasteiger partial charge in [0.1, 0.15) is 0 Å². The van der Waals surface area contributed by atoms with Crippen LogP contribution >= 0.6 is 0 Å². The number of allylic oxidation sites excluding steroid dienone is 6. The van der Waals surface area contributed by atoms with Crippen LogP contribution in [0.15, 0.2) is 40.4 Å². The van der Waals surface area contributed by atoms with E-state index < -0.39 is 0 Å². The number of hydrogen-bond acceptors (Lipinski definition) is 1. The fourth-order valence-electron chi connectivity index (χ4n) is 1.37. The number of rotatable bonds is 1. The molecule has 0 aromatic carbocycles. The van der Waals surface area contributed by atoms with Crippen LogP contribution in [-0.4, -0.2) is 12.8 Å². The molecule has 78 valence electrons. The van der Waals surface area contributed by atoms with Gasteiger partial charge in [-0.15, -0.1) is 0 Å². The van der Waals surface area contributed by atoms with Crippen LogP contribution in [0.3, 0.4) is 0 Å². The fraction of sp³-hybridized carbons (Fsp3) is 0.462. The molecule has 1 aliphatic rings. The molecule has 0 aromatic heterocycles. The minimum Gasteiger partial charge on any atom is -0.288 e. The lowest BCUT2D eigenvalue weighted by Gasteiger charge is -2.10. The van der Waals surface area contributed by atoms with E-state index >= 15 is 0 Å². The predicted molar refractivity (Wildman–Crippen MR) is 66.0 cm³/mol. The summed E-state index contributed by atoms with van der Waals surface area (Å²) in [5, 5.41) is 0. The van der Waals surface area contributed by atoms with Crippen molar-refractivity contribution in [1.29, 1.82) is 0 Å². The van der Waals surface area contributed by atoms with E-state index in [2.05, 4.69) is 43.1 Å². The molecule has 0 fully saturated rings. The van der Waals surface area contributed by atoms with Crippen molar-refractivity contribution in [3.8, 4) is 0 Å². The second-order valence-electron chi connectivity index (χ2n) is 2.85. The van der Waals surface area contributed by atoms with Gasteiger partial charge in [0.2, 0.25) is 0 Å². The maximum atomic E-state index is 4.26. The van der Waals surface area contributed by atoms with Gasteiger partial charge in [-0.2, -0.15) is 0 Å². The van der Waals surface area contributed by atoms with Gasteiger partial charge in [-0.05, 0) is 24.5 Å². The first-order valence-corrected chi connectivity index (χ1v) is 5.32. The van der Waals surface area contributed by atoms with Crippen LogP contribution in [0.5, 0.6) is 0 Å². The summed E-state index contributed by atoms with van der Waals surface area (Å²) in [6.45, 7) is 8.23. The fourth-order valence-corrected chi connectivity index (χ4v) is 1.37. The van der Waals surface area contributed by atoms with Crippen molar-refractivity contribution in [2.45, 2.75) is 34.1 Å². The van der Waals surface area contributed by atoms with E-state index in [4.69, 9.17) is 0 Å². The molecule has 0 radical (unpaired) electrons. The molecule has 1 heteroatoms. The number of aliphatic imine (C=N–C) groups is 1. The highest BCUT2D eigenvalue weighted by atomic mass is 14.7. The second-order valence-corrected chi connectivity index (χ2v) is 2.85. The Kier molecular flexibility index (Phi) is 6.73. The standard InChI is InChI=1S/C11H15N.C2H6/c1-4-6-10-8-5-7-9(2)11(10)12-3;1-2/h5-8H,4H2,1-3H3;1-2H3/b10-6-,12-11?;. The van der Waals surface area contributed by atoms with Crippen LogP contribution in [0.4, 0.5) is 0 Å². The van der Waals surface area contributed by atoms with Gasteiger partial charge in [0.15, 0.2) is 0 Å². The highest BCUT2D eigenvalue weighted by Gasteiger charge is 2.07. The van der Waals surface area contributed by atoms with E-state index in [0.29, 0.717) is 0 Å². The average Bonchev–Trinajstić information content (AvgIpc) is 2.22. The molecule has 0 atom stereocenters. The topological polar surface area (TPSA) is 12.4 Å². The molecule has 0 saturated carbocycles. The van der Waals surface area contributed by atoms with E-state index in [1.165, 1.54) is 11.1 Å². The maximum Gasteiger partial charge on any atom is 0.0669 e. The Bertz CT molecular complexity index is 278. The quantitative estimate of drug-likeness (QED) is 0.595. The van der Waals surface area contributed by atoms with Crippen LogP contribution < -0.4 is 0 Å². The molecule has 0 heterocycles. The molecule has 0 bridgehead atoms. The molecule has 0 N–H and O–H groups in total. The minimum absolute atomic E-state index is 1.06. The van der Waals surface area contributed by atoms with E-state index in [1.807, 2.05) is 20.9 Å². The summed E-state index contributed by atoms with van der Waals surface area (Å²) in [6.07, 6.45) is 9.54. The van der Waals surface area contributed by atoms with Crippen LogP contribution in [0.25, 0.3) is 0 Å². The summed E-state index contributed by atoms with van der Waals surface area (Å²) in [5.74, 6) is 0. The SMILES string of the molecule is CC.CC/C=C1/C=CC=C(C)C1=NC. The Labute approximate surface area is 87.9 Å². The lowest BCUT2D eigenvalue weighted by molar-refractivity contribution is 1.21. The lowest BCUT2D eigenvalue weighted by Crippen LogP contribution is -2.05. The Hall–Kier alpha value is -1.11. The third kappa shape index (κ3) is 3.33. The summed E-state index contributed by atoms with van der Waals surface area (Å²) < 4.78 is 0. The van der Waals surface area contributed by atoms with Crippen molar-refractivity contribution < 1.29 is 0 Å². The predicted octanol–water partition coefficient (Wildman–Crippen LogP) is 3.94. The molecule has 0 saturated heterocycles. The van der Waals surface area contributed by atoms with Crippen molar-refractivity contribution in [3.05, 3.63) is 35.5 Å². The zero-order valence-electron chi connectivity index (χ0n) is 9.96. The molecule has 0 aliphatic heterocycles. The lowest BCUT2D eigenvalue weighted by atomic mass is 9.98. The molecule has 1 aliphatic carbocycles. The van der Waals surface area contributed by atoms with Gasteiger partial charge in [-0.1, -0.05) is 45.1 Å². The van der Waals surface area contributed by atoms with E-state index in [9.17, 15) is 0 Å². The monoisotopic (exact) mass is 191 g/mol. The third-order valence-electron chi connectivity index (χ3n) is 1.92. The molecule has 0 spiro atoms. The van der Waals surface area contributed by atoms with Crippen molar-refractivity contribution >= 4 is 5.71 Å². The Balaban J connectivity index is 0.000000791. The molecule has 1 rings (SSSR count). The van der Waals surface area contributed by atoms with E-state index in [1.54, 1.807) is 0 Å². The largest absolute Gasteiger partial charge is 0.288 e. The van der Waals surface area contributed by atoms with Gasteiger partial charge in [-0.25, -0.2) is 0 Å². The molecule has 0 amide bonds. The molecular formula is C13H21N. The van der Waals surface area contributed by atoms with Gasteiger partial charge in [0, 0.05) is 7.05 Å². The smallest absolute Gasteiger partial charge is 0.0669 e. The van der Waals surface area contributed by atoms with Gasteiger partial charge < -0.3 is 0 Å². The summed E-state index contributed by atoms with van der Waals surface area (Å²) in [5.41, 5.74) is 3.62. The summed E-state index contributed by atoms with van der Waals surface area (Å²) in [6, 6.07) is 0. The van der Waals surface area contributed by atoms with E-state index in [-0.39, 0.29) is 0 Å². The summed E-state index contributed by atoms with van der Waals surface area (Å²) in [7, 11) is 1.84. The van der Waals surface area contributed by atoms with Gasteiger partial charge in [0.25, 0.3) is 0 Å². The minimum atomic E-state index is 1.06. The van der Waals surface area contributed by atoms with Gasteiger partial charge in [0.05, 0.1) is 5.71 Å². The Morgan fingerprint density at radius 3 is 2.50 bits per heavy atom. The number of nitrogens with zero attached hydrogens (tertiary/aromatic N) is 1. The molecule has 0 unspecified atom stereocenters. The highest BCUT2D eigenvalue weighted by Crippen LogP contribution is 2.15. The van der Waals surface area contributed by atoms with Gasteiger partial charge >= 0.3 is 0 Å². The van der Waals surface area contributed by atoms with E-state index in [0.717, 1.165) is 12.1 Å². The first-order valence-electron chi connectivity index (χ1n) is 5.32. The first kappa shape index (κ1) is 12.9. The summed E-state index contributed by atoms with van der Waals surface area (Å²) in [4.78, 5) is 4.26. The number of hydrogen-bond donors (Lipinski definition) is 0. The van der Waals surface area contributed by atoms with Crippen LogP contribution in [-0.2, 0) is 0 Å². The van der Waals surface area contributed by atoms with Crippen LogP contribution in [0.2, 0.25) is 0 Å². The van der Waals surface area contributed by atoms with Gasteiger partial charge in [-0.3, -0.25) is 4.99 Å². The normalized spacial score (nSPS) is 20.5. The zero-order valence-corrected chi connectivity index (χ0v) is 9.96. The first-order chi connectivity index (χ1) is 6.79. The second kappa shape index (κ2) is 7.31. The van der Waals surface area contributed by atoms with Crippen LogP contribution in [0.1, 0.15) is 34.1 Å². The Morgan fingerprint density at radius 1 is 1.36 bits per heavy atom. The van der Waals surface area contributed by atoms with Crippen molar-refractivity contribution in [2.24, 2.45) is 4.99 Å².